The largest absolute Gasteiger partial charge is 0.458 e. The number of esters is 1. The van der Waals surface area contributed by atoms with Crippen LogP contribution in [0.15, 0.2) is 11.6 Å². The molecule has 0 aromatic rings. The third-order valence-electron chi connectivity index (χ3n) is 12.2. The Morgan fingerprint density at radius 2 is 1.77 bits per heavy atom. The molecule has 10 nitrogen and oxygen atoms in total. The molecule has 0 bridgehead atoms. The summed E-state index contributed by atoms with van der Waals surface area (Å²) in [5.41, 5.74) is -2.77. The van der Waals surface area contributed by atoms with E-state index in [1.807, 2.05) is 0 Å². The first-order valence-corrected chi connectivity index (χ1v) is 14.9. The zero-order valence-electron chi connectivity index (χ0n) is 23.7. The molecular formula is C30H44O10. The molecule has 6 aliphatic rings. The van der Waals surface area contributed by atoms with Crippen molar-refractivity contribution in [1.82, 2.24) is 0 Å². The minimum absolute atomic E-state index is 0.0563. The molecule has 13 atom stereocenters. The molecule has 1 saturated heterocycles. The van der Waals surface area contributed by atoms with Crippen molar-refractivity contribution in [2.24, 2.45) is 28.6 Å². The van der Waals surface area contributed by atoms with Gasteiger partial charge in [0.15, 0.2) is 6.29 Å². The molecule has 2 heterocycles. The summed E-state index contributed by atoms with van der Waals surface area (Å²) in [6, 6.07) is 0. The highest BCUT2D eigenvalue weighted by Crippen LogP contribution is 2.70. The second-order valence-electron chi connectivity index (χ2n) is 13.6. The summed E-state index contributed by atoms with van der Waals surface area (Å²) in [5, 5.41) is 45.6. The molecule has 224 valence electrons. The van der Waals surface area contributed by atoms with Gasteiger partial charge in [-0.15, -0.1) is 0 Å². The fourth-order valence-corrected chi connectivity index (χ4v) is 10.0. The summed E-state index contributed by atoms with van der Waals surface area (Å²) in [7, 11) is 1.42. The molecule has 5 fully saturated rings. The average molecular weight is 565 g/mol. The Bertz CT molecular complexity index is 1060. The molecule has 40 heavy (non-hydrogen) atoms. The summed E-state index contributed by atoms with van der Waals surface area (Å²) in [4.78, 5) is 24.8. The van der Waals surface area contributed by atoms with Crippen molar-refractivity contribution in [2.45, 2.75) is 120 Å². The predicted molar refractivity (Wildman–Crippen MR) is 140 cm³/mol. The second kappa shape index (κ2) is 9.82. The number of methoxy groups -OCH3 is 1. The number of aldehydes is 1. The monoisotopic (exact) mass is 564 g/mol. The van der Waals surface area contributed by atoms with Crippen molar-refractivity contribution >= 4 is 12.3 Å². The van der Waals surface area contributed by atoms with Crippen LogP contribution >= 0.6 is 0 Å². The number of ether oxygens (including phenoxy) is 4. The molecule has 4 N–H and O–H groups in total. The van der Waals surface area contributed by atoms with Gasteiger partial charge < -0.3 is 44.2 Å². The highest BCUT2D eigenvalue weighted by molar-refractivity contribution is 5.85. The Balaban J connectivity index is 1.22. The first kappa shape index (κ1) is 28.7. The first-order chi connectivity index (χ1) is 18.9. The summed E-state index contributed by atoms with van der Waals surface area (Å²) >= 11 is 0. The SMILES string of the molecule is CO[C@H]1[C@@H](O)[C@@H](C)O[C@@H](O[C@@H]2CC[C@@]3(C=O)[C@H]4CC[C@]5(C)[C@@H](C6=CC(=O)OC6)CC[C@]5(O)[C@@H]4CC[C@]3(O)C2)[C@@H]1O. The lowest BCUT2D eigenvalue weighted by Gasteiger charge is -2.65. The van der Waals surface area contributed by atoms with Gasteiger partial charge in [-0.05, 0) is 81.6 Å². The molecule has 4 saturated carbocycles. The van der Waals surface area contributed by atoms with Crippen molar-refractivity contribution in [3.8, 4) is 0 Å². The van der Waals surface area contributed by atoms with Crippen LogP contribution in [-0.4, -0.2) is 94.4 Å². The van der Waals surface area contributed by atoms with Gasteiger partial charge >= 0.3 is 5.97 Å². The molecule has 0 aromatic heterocycles. The van der Waals surface area contributed by atoms with Crippen molar-refractivity contribution in [3.05, 3.63) is 11.6 Å². The van der Waals surface area contributed by atoms with Crippen LogP contribution < -0.4 is 0 Å². The van der Waals surface area contributed by atoms with E-state index >= 15 is 0 Å². The maximum atomic E-state index is 13.0. The number of carbonyl (C=O) groups excluding carboxylic acids is 2. The van der Waals surface area contributed by atoms with Gasteiger partial charge in [-0.1, -0.05) is 6.92 Å². The summed E-state index contributed by atoms with van der Waals surface area (Å²) in [5.74, 6) is -0.563. The smallest absolute Gasteiger partial charge is 0.331 e. The van der Waals surface area contributed by atoms with Crippen LogP contribution in [0.1, 0.15) is 71.6 Å². The number of aliphatic hydroxyl groups excluding tert-OH is 2. The highest BCUT2D eigenvalue weighted by Gasteiger charge is 2.71. The lowest BCUT2D eigenvalue weighted by atomic mass is 9.41. The summed E-state index contributed by atoms with van der Waals surface area (Å²) in [6.45, 7) is 4.10. The van der Waals surface area contributed by atoms with E-state index < -0.39 is 58.8 Å². The van der Waals surface area contributed by atoms with Gasteiger partial charge in [0.1, 0.15) is 31.2 Å². The van der Waals surface area contributed by atoms with E-state index in [9.17, 15) is 30.0 Å². The van der Waals surface area contributed by atoms with Gasteiger partial charge in [0, 0.05) is 25.0 Å². The van der Waals surface area contributed by atoms with Crippen LogP contribution in [0.5, 0.6) is 0 Å². The minimum Gasteiger partial charge on any atom is -0.458 e. The van der Waals surface area contributed by atoms with Gasteiger partial charge in [0.2, 0.25) is 0 Å². The number of carbonyl (C=O) groups is 2. The molecule has 0 spiro atoms. The fraction of sp³-hybridized carbons (Fsp3) is 0.867. The summed E-state index contributed by atoms with van der Waals surface area (Å²) < 4.78 is 22.4. The van der Waals surface area contributed by atoms with Crippen LogP contribution in [0, 0.1) is 28.6 Å². The van der Waals surface area contributed by atoms with Crippen LogP contribution in [0.4, 0.5) is 0 Å². The van der Waals surface area contributed by atoms with Crippen LogP contribution in [0.25, 0.3) is 0 Å². The number of hydrogen-bond donors (Lipinski definition) is 4. The van der Waals surface area contributed by atoms with Crippen LogP contribution in [0.3, 0.4) is 0 Å². The number of hydrogen-bond acceptors (Lipinski definition) is 10. The molecule has 0 aromatic carbocycles. The van der Waals surface area contributed by atoms with E-state index in [4.69, 9.17) is 18.9 Å². The van der Waals surface area contributed by atoms with E-state index in [2.05, 4.69) is 6.92 Å². The zero-order valence-corrected chi connectivity index (χ0v) is 23.7. The Hall–Kier alpha value is -1.40. The van der Waals surface area contributed by atoms with Crippen molar-refractivity contribution in [1.29, 1.82) is 0 Å². The lowest BCUT2D eigenvalue weighted by molar-refractivity contribution is -0.319. The standard InChI is InChI=1S/C30H44O10/c1-16-23(33)25(37-3)24(34)26(39-16)40-18-4-9-28(15-31)20-5-8-27(2)19(17-12-22(32)38-14-17)7-11-30(27,36)21(20)6-10-29(28,35)13-18/h12,15-16,18-21,23-26,33-36H,4-11,13-14H2,1-3H3/t16-,18-,19-,20+,21-,23+,24-,25+,26+,27-,28-,29+,30+/m1/s1. The molecule has 4 aliphatic carbocycles. The average Bonchev–Trinajstić information content (AvgIpc) is 3.46. The summed E-state index contributed by atoms with van der Waals surface area (Å²) in [6.07, 6.45) is 2.28. The van der Waals surface area contributed by atoms with Gasteiger partial charge in [-0.2, -0.15) is 0 Å². The van der Waals surface area contributed by atoms with Gasteiger partial charge in [0.05, 0.1) is 28.8 Å². The molecule has 10 heteroatoms. The third-order valence-corrected chi connectivity index (χ3v) is 12.2. The highest BCUT2D eigenvalue weighted by atomic mass is 16.7. The predicted octanol–water partition coefficient (Wildman–Crippen LogP) is 1.40. The Morgan fingerprint density at radius 1 is 1.02 bits per heavy atom. The molecule has 0 amide bonds. The normalized spacial score (nSPS) is 54.1. The van der Waals surface area contributed by atoms with E-state index in [1.54, 1.807) is 13.0 Å². The van der Waals surface area contributed by atoms with Gasteiger partial charge in [0.25, 0.3) is 0 Å². The Morgan fingerprint density at radius 3 is 2.45 bits per heavy atom. The molecular weight excluding hydrogens is 520 g/mol. The maximum Gasteiger partial charge on any atom is 0.331 e. The Kier molecular flexibility index (Phi) is 7.05. The second-order valence-corrected chi connectivity index (χ2v) is 13.6. The first-order valence-electron chi connectivity index (χ1n) is 14.9. The topological polar surface area (TPSA) is 152 Å². The molecule has 6 rings (SSSR count). The number of rotatable bonds is 5. The molecule has 2 aliphatic heterocycles. The Labute approximate surface area is 235 Å². The number of aliphatic hydroxyl groups is 4. The van der Waals surface area contributed by atoms with Crippen LogP contribution in [0.2, 0.25) is 0 Å². The van der Waals surface area contributed by atoms with Crippen molar-refractivity contribution < 1.29 is 49.0 Å². The van der Waals surface area contributed by atoms with E-state index in [1.165, 1.54) is 7.11 Å². The fourth-order valence-electron chi connectivity index (χ4n) is 10.0. The zero-order chi connectivity index (χ0) is 28.7. The number of cyclic esters (lactones) is 1. The van der Waals surface area contributed by atoms with Crippen molar-refractivity contribution in [3.63, 3.8) is 0 Å². The minimum atomic E-state index is -1.30. The van der Waals surface area contributed by atoms with E-state index in [0.29, 0.717) is 44.9 Å². The van der Waals surface area contributed by atoms with Gasteiger partial charge in [-0.3, -0.25) is 0 Å². The van der Waals surface area contributed by atoms with Crippen LogP contribution in [-0.2, 0) is 28.5 Å². The molecule has 0 unspecified atom stereocenters. The maximum absolute atomic E-state index is 13.0. The van der Waals surface area contributed by atoms with Crippen molar-refractivity contribution in [2.75, 3.05) is 13.7 Å². The third kappa shape index (κ3) is 3.86. The van der Waals surface area contributed by atoms with E-state index in [0.717, 1.165) is 18.3 Å². The van der Waals surface area contributed by atoms with Gasteiger partial charge in [-0.25, -0.2) is 4.79 Å². The lowest BCUT2D eigenvalue weighted by Crippen LogP contribution is -2.69. The number of fused-ring (bicyclic) bond motifs is 5. The quantitative estimate of drug-likeness (QED) is 0.219. The molecule has 0 radical (unpaired) electrons. The van der Waals surface area contributed by atoms with E-state index in [-0.39, 0.29) is 36.8 Å².